The van der Waals surface area contributed by atoms with Crippen molar-refractivity contribution in [2.24, 2.45) is 0 Å². The quantitative estimate of drug-likeness (QED) is 0.528. The van der Waals surface area contributed by atoms with Gasteiger partial charge in [-0.05, 0) is 30.3 Å². The third-order valence-electron chi connectivity index (χ3n) is 4.13. The van der Waals surface area contributed by atoms with Gasteiger partial charge in [0.05, 0.1) is 23.8 Å². The van der Waals surface area contributed by atoms with Crippen LogP contribution in [0, 0.1) is 0 Å². The second-order valence-electron chi connectivity index (χ2n) is 5.91. The molecule has 0 fully saturated rings. The van der Waals surface area contributed by atoms with Crippen molar-refractivity contribution in [3.05, 3.63) is 60.6 Å². The van der Waals surface area contributed by atoms with E-state index in [2.05, 4.69) is 25.3 Å². The molecule has 0 radical (unpaired) electrons. The topological polar surface area (TPSA) is 75.7 Å². The van der Waals surface area contributed by atoms with E-state index in [1.54, 1.807) is 31.6 Å². The summed E-state index contributed by atoms with van der Waals surface area (Å²) >= 11 is 0. The zero-order valence-electron chi connectivity index (χ0n) is 14.6. The molecular weight excluding hydrogens is 371 g/mol. The highest BCUT2D eigenvalue weighted by Gasteiger charge is 2.30. The first-order valence-electron chi connectivity index (χ1n) is 8.23. The van der Waals surface area contributed by atoms with Gasteiger partial charge in [0.15, 0.2) is 0 Å². The number of hydrogen-bond acceptors (Lipinski definition) is 5. The van der Waals surface area contributed by atoms with Crippen molar-refractivity contribution in [2.45, 2.75) is 6.18 Å². The summed E-state index contributed by atoms with van der Waals surface area (Å²) in [6.07, 6.45) is 0.479. The lowest BCUT2D eigenvalue weighted by Gasteiger charge is -2.10. The second-order valence-corrected chi connectivity index (χ2v) is 5.91. The first-order chi connectivity index (χ1) is 13.5. The number of rotatable bonds is 4. The molecule has 0 saturated heterocycles. The molecule has 0 aliphatic rings. The molecule has 0 bridgehead atoms. The van der Waals surface area contributed by atoms with Crippen molar-refractivity contribution >= 4 is 22.7 Å². The Balaban J connectivity index is 1.70. The molecule has 9 heteroatoms. The van der Waals surface area contributed by atoms with Crippen LogP contribution < -0.4 is 10.1 Å². The molecule has 0 amide bonds. The number of pyridine rings is 1. The Morgan fingerprint density at radius 2 is 1.89 bits per heavy atom. The first-order valence-corrected chi connectivity index (χ1v) is 8.23. The van der Waals surface area contributed by atoms with Crippen molar-refractivity contribution in [1.29, 1.82) is 0 Å². The number of aromatic amines is 1. The minimum Gasteiger partial charge on any atom is -0.496 e. The van der Waals surface area contributed by atoms with Crippen LogP contribution in [0.5, 0.6) is 5.75 Å². The summed E-state index contributed by atoms with van der Waals surface area (Å²) in [5, 5.41) is 3.57. The molecule has 0 spiro atoms. The lowest BCUT2D eigenvalue weighted by atomic mass is 10.1. The fourth-order valence-corrected chi connectivity index (χ4v) is 2.87. The molecule has 4 aromatic rings. The number of benzene rings is 1. The van der Waals surface area contributed by atoms with E-state index in [1.165, 1.54) is 18.3 Å². The van der Waals surface area contributed by atoms with Gasteiger partial charge in [-0.3, -0.25) is 0 Å². The molecule has 3 heterocycles. The number of fused-ring (bicyclic) bond motifs is 1. The summed E-state index contributed by atoms with van der Waals surface area (Å²) in [7, 11) is 1.56. The largest absolute Gasteiger partial charge is 0.496 e. The Bertz CT molecular complexity index is 1140. The SMILES string of the molecule is COc1ccnc2[nH]cc(-c3ccnc(Nc4cccc(C(F)(F)F)c4)n3)c12. The molecule has 28 heavy (non-hydrogen) atoms. The molecule has 142 valence electrons. The number of ether oxygens (including phenoxy) is 1. The van der Waals surface area contributed by atoms with E-state index >= 15 is 0 Å². The van der Waals surface area contributed by atoms with Gasteiger partial charge >= 0.3 is 6.18 Å². The van der Waals surface area contributed by atoms with Crippen molar-refractivity contribution in [1.82, 2.24) is 19.9 Å². The molecule has 0 saturated carbocycles. The van der Waals surface area contributed by atoms with E-state index in [0.717, 1.165) is 23.1 Å². The van der Waals surface area contributed by atoms with E-state index in [-0.39, 0.29) is 11.6 Å². The zero-order chi connectivity index (χ0) is 19.7. The molecule has 0 unspecified atom stereocenters. The summed E-state index contributed by atoms with van der Waals surface area (Å²) in [5.74, 6) is 0.807. The highest BCUT2D eigenvalue weighted by Crippen LogP contribution is 2.34. The number of alkyl halides is 3. The maximum atomic E-state index is 12.9. The third kappa shape index (κ3) is 3.34. The molecule has 0 aliphatic heterocycles. The molecule has 2 N–H and O–H groups in total. The minimum absolute atomic E-state index is 0.175. The van der Waals surface area contributed by atoms with Gasteiger partial charge in [0.25, 0.3) is 0 Å². The summed E-state index contributed by atoms with van der Waals surface area (Å²) in [6.45, 7) is 0. The second kappa shape index (κ2) is 6.84. The van der Waals surface area contributed by atoms with Gasteiger partial charge in [-0.15, -0.1) is 0 Å². The van der Waals surface area contributed by atoms with Gasteiger partial charge in [0.1, 0.15) is 11.4 Å². The molecule has 4 rings (SSSR count). The number of halogens is 3. The molecule has 1 aromatic carbocycles. The summed E-state index contributed by atoms with van der Waals surface area (Å²) in [4.78, 5) is 15.8. The summed E-state index contributed by atoms with van der Waals surface area (Å²) in [6, 6.07) is 8.30. The maximum absolute atomic E-state index is 12.9. The van der Waals surface area contributed by atoms with Gasteiger partial charge < -0.3 is 15.0 Å². The lowest BCUT2D eigenvalue weighted by Crippen LogP contribution is -2.05. The average Bonchev–Trinajstić information content (AvgIpc) is 3.12. The lowest BCUT2D eigenvalue weighted by molar-refractivity contribution is -0.137. The summed E-state index contributed by atoms with van der Waals surface area (Å²) in [5.41, 5.74) is 1.45. The smallest absolute Gasteiger partial charge is 0.416 e. The van der Waals surface area contributed by atoms with Crippen molar-refractivity contribution in [2.75, 3.05) is 12.4 Å². The van der Waals surface area contributed by atoms with Crippen LogP contribution in [0.4, 0.5) is 24.8 Å². The van der Waals surface area contributed by atoms with Crippen LogP contribution in [0.2, 0.25) is 0 Å². The number of aromatic nitrogens is 4. The fraction of sp³-hybridized carbons (Fsp3) is 0.105. The van der Waals surface area contributed by atoms with Crippen molar-refractivity contribution in [3.63, 3.8) is 0 Å². The maximum Gasteiger partial charge on any atom is 0.416 e. The van der Waals surface area contributed by atoms with Gasteiger partial charge in [0.2, 0.25) is 5.95 Å². The Morgan fingerprint density at radius 1 is 1.07 bits per heavy atom. The van der Waals surface area contributed by atoms with Crippen LogP contribution in [0.3, 0.4) is 0 Å². The van der Waals surface area contributed by atoms with Crippen LogP contribution in [-0.4, -0.2) is 27.0 Å². The highest BCUT2D eigenvalue weighted by atomic mass is 19.4. The van der Waals surface area contributed by atoms with Crippen LogP contribution >= 0.6 is 0 Å². The number of nitrogens with one attached hydrogen (secondary N) is 2. The van der Waals surface area contributed by atoms with Gasteiger partial charge in [-0.2, -0.15) is 13.2 Å². The number of hydrogen-bond donors (Lipinski definition) is 2. The molecule has 3 aromatic heterocycles. The van der Waals surface area contributed by atoms with Gasteiger partial charge in [-0.1, -0.05) is 6.07 Å². The third-order valence-corrected chi connectivity index (χ3v) is 4.13. The Labute approximate surface area is 157 Å². The monoisotopic (exact) mass is 385 g/mol. The number of nitrogens with zero attached hydrogens (tertiary/aromatic N) is 3. The molecule has 6 nitrogen and oxygen atoms in total. The zero-order valence-corrected chi connectivity index (χ0v) is 14.6. The Morgan fingerprint density at radius 3 is 2.68 bits per heavy atom. The van der Waals surface area contributed by atoms with E-state index < -0.39 is 11.7 Å². The summed E-state index contributed by atoms with van der Waals surface area (Å²) < 4.78 is 44.1. The number of H-pyrrole nitrogens is 1. The van der Waals surface area contributed by atoms with E-state index in [4.69, 9.17) is 4.74 Å². The molecule has 0 atom stereocenters. The van der Waals surface area contributed by atoms with E-state index in [0.29, 0.717) is 17.1 Å². The Hall–Kier alpha value is -3.62. The minimum atomic E-state index is -4.42. The predicted molar refractivity (Wildman–Crippen MR) is 98.4 cm³/mol. The van der Waals surface area contributed by atoms with Crippen molar-refractivity contribution < 1.29 is 17.9 Å². The van der Waals surface area contributed by atoms with Crippen molar-refractivity contribution in [3.8, 4) is 17.0 Å². The van der Waals surface area contributed by atoms with Gasteiger partial charge in [0, 0.05) is 29.8 Å². The molecule has 0 aliphatic carbocycles. The number of anilines is 2. The normalized spacial score (nSPS) is 11.6. The highest BCUT2D eigenvalue weighted by molar-refractivity contribution is 5.97. The van der Waals surface area contributed by atoms with Crippen LogP contribution in [0.15, 0.2) is 55.0 Å². The predicted octanol–water partition coefficient (Wildman–Crippen LogP) is 4.79. The average molecular weight is 385 g/mol. The van der Waals surface area contributed by atoms with Gasteiger partial charge in [-0.25, -0.2) is 15.0 Å². The first kappa shape index (κ1) is 17.8. The molecular formula is C19H14F3N5O. The Kier molecular flexibility index (Phi) is 4.34. The fourth-order valence-electron chi connectivity index (χ4n) is 2.87. The van der Waals surface area contributed by atoms with E-state index in [1.807, 2.05) is 0 Å². The van der Waals surface area contributed by atoms with Crippen LogP contribution in [0.25, 0.3) is 22.3 Å². The standard InChI is InChI=1S/C19H14F3N5O/c1-28-15-6-8-23-17-16(15)13(10-25-17)14-5-7-24-18(27-14)26-12-4-2-3-11(9-12)19(20,21)22/h2-10H,1H3,(H,23,25)(H,24,26,27). The van der Waals surface area contributed by atoms with Crippen LogP contribution in [-0.2, 0) is 6.18 Å². The number of methoxy groups -OCH3 is 1. The van der Waals surface area contributed by atoms with E-state index in [9.17, 15) is 13.2 Å². The van der Waals surface area contributed by atoms with Crippen LogP contribution in [0.1, 0.15) is 5.56 Å².